The van der Waals surface area contributed by atoms with Crippen LogP contribution in [0.2, 0.25) is 0 Å². The Bertz CT molecular complexity index is 273. The zero-order valence-electron chi connectivity index (χ0n) is 8.12. The molecule has 0 bridgehead atoms. The highest BCUT2D eigenvalue weighted by molar-refractivity contribution is 5.93. The summed E-state index contributed by atoms with van der Waals surface area (Å²) in [6.07, 6.45) is 10.8. The largest absolute Gasteiger partial charge is 0.295 e. The van der Waals surface area contributed by atoms with Gasteiger partial charge in [0.1, 0.15) is 0 Å². The summed E-state index contributed by atoms with van der Waals surface area (Å²) in [6, 6.07) is 0. The van der Waals surface area contributed by atoms with Crippen LogP contribution in [0.1, 0.15) is 32.6 Å². The molecule has 2 rings (SSSR count). The number of rotatable bonds is 0. The highest BCUT2D eigenvalue weighted by Gasteiger charge is 2.31. The third-order valence-electron chi connectivity index (χ3n) is 3.21. The molecule has 2 unspecified atom stereocenters. The summed E-state index contributed by atoms with van der Waals surface area (Å²) in [5.41, 5.74) is 1.11. The van der Waals surface area contributed by atoms with Crippen LogP contribution in [0.15, 0.2) is 23.8 Å². The molecule has 0 spiro atoms. The number of ketones is 1. The van der Waals surface area contributed by atoms with Gasteiger partial charge in [0.05, 0.1) is 0 Å². The molecule has 0 aromatic heterocycles. The lowest BCUT2D eigenvalue weighted by Gasteiger charge is -2.16. The van der Waals surface area contributed by atoms with Crippen molar-refractivity contribution >= 4 is 5.78 Å². The quantitative estimate of drug-likeness (QED) is 0.554. The molecular weight excluding hydrogens is 160 g/mol. The van der Waals surface area contributed by atoms with E-state index in [0.717, 1.165) is 18.4 Å². The molecule has 2 aliphatic rings. The summed E-state index contributed by atoms with van der Waals surface area (Å²) in [6.45, 7) is 2.00. The van der Waals surface area contributed by atoms with Gasteiger partial charge in [-0.05, 0) is 43.8 Å². The van der Waals surface area contributed by atoms with E-state index in [4.69, 9.17) is 0 Å². The second-order valence-electron chi connectivity index (χ2n) is 4.23. The van der Waals surface area contributed by atoms with Gasteiger partial charge in [-0.2, -0.15) is 0 Å². The van der Waals surface area contributed by atoms with E-state index in [1.807, 2.05) is 13.0 Å². The molecule has 1 nitrogen and oxygen atoms in total. The summed E-state index contributed by atoms with van der Waals surface area (Å²) in [7, 11) is 0. The maximum atomic E-state index is 11.7. The van der Waals surface area contributed by atoms with Gasteiger partial charge in [-0.3, -0.25) is 4.79 Å². The maximum absolute atomic E-state index is 11.7. The summed E-state index contributed by atoms with van der Waals surface area (Å²) >= 11 is 0. The number of hydrogen-bond acceptors (Lipinski definition) is 1. The highest BCUT2D eigenvalue weighted by atomic mass is 16.1. The topological polar surface area (TPSA) is 17.1 Å². The minimum absolute atomic E-state index is 0.333. The predicted molar refractivity (Wildman–Crippen MR) is 53.4 cm³/mol. The monoisotopic (exact) mass is 176 g/mol. The summed E-state index contributed by atoms with van der Waals surface area (Å²) in [5.74, 6) is 1.33. The zero-order valence-corrected chi connectivity index (χ0v) is 8.12. The fraction of sp³-hybridized carbons (Fsp3) is 0.583. The number of fused-ring (bicyclic) bond motifs is 1. The van der Waals surface area contributed by atoms with Gasteiger partial charge in [0.15, 0.2) is 5.78 Å². The fourth-order valence-electron chi connectivity index (χ4n) is 2.50. The van der Waals surface area contributed by atoms with E-state index >= 15 is 0 Å². The van der Waals surface area contributed by atoms with Crippen LogP contribution in [-0.2, 0) is 4.79 Å². The number of carbonyl (C=O) groups is 1. The Hall–Kier alpha value is -0.850. The van der Waals surface area contributed by atoms with Crippen molar-refractivity contribution in [2.45, 2.75) is 32.6 Å². The smallest absolute Gasteiger partial charge is 0.159 e. The molecule has 70 valence electrons. The first-order chi connectivity index (χ1) is 6.27. The van der Waals surface area contributed by atoms with Crippen molar-refractivity contribution < 1.29 is 4.79 Å². The van der Waals surface area contributed by atoms with Crippen LogP contribution < -0.4 is 0 Å². The Kier molecular flexibility index (Phi) is 2.34. The minimum Gasteiger partial charge on any atom is -0.295 e. The van der Waals surface area contributed by atoms with Gasteiger partial charge in [0.2, 0.25) is 0 Å². The van der Waals surface area contributed by atoms with Crippen molar-refractivity contribution in [1.29, 1.82) is 0 Å². The van der Waals surface area contributed by atoms with Crippen LogP contribution in [-0.4, -0.2) is 5.78 Å². The Labute approximate surface area is 79.5 Å². The second kappa shape index (κ2) is 3.49. The minimum atomic E-state index is 0.333. The molecule has 1 saturated carbocycles. The molecule has 1 heteroatoms. The summed E-state index contributed by atoms with van der Waals surface area (Å²) < 4.78 is 0. The van der Waals surface area contributed by atoms with Gasteiger partial charge in [-0.15, -0.1) is 0 Å². The molecule has 0 aliphatic heterocycles. The number of allylic oxidation sites excluding steroid dienone is 4. The van der Waals surface area contributed by atoms with Crippen molar-refractivity contribution in [2.24, 2.45) is 11.8 Å². The van der Waals surface area contributed by atoms with Crippen LogP contribution in [0.4, 0.5) is 0 Å². The zero-order chi connectivity index (χ0) is 9.26. The van der Waals surface area contributed by atoms with E-state index in [1.54, 1.807) is 0 Å². The molecule has 0 aromatic rings. The molecule has 0 saturated heterocycles. The van der Waals surface area contributed by atoms with Crippen molar-refractivity contribution in [3.63, 3.8) is 0 Å². The Balaban J connectivity index is 2.23. The molecular formula is C12H16O. The molecule has 0 radical (unpaired) electrons. The van der Waals surface area contributed by atoms with E-state index < -0.39 is 0 Å². The van der Waals surface area contributed by atoms with Crippen LogP contribution in [0.3, 0.4) is 0 Å². The lowest BCUT2D eigenvalue weighted by atomic mass is 9.87. The molecule has 1 fully saturated rings. The van der Waals surface area contributed by atoms with E-state index in [-0.39, 0.29) is 0 Å². The summed E-state index contributed by atoms with van der Waals surface area (Å²) in [5, 5.41) is 0. The Morgan fingerprint density at radius 2 is 2.23 bits per heavy atom. The molecule has 0 N–H and O–H groups in total. The molecule has 0 aromatic carbocycles. The van der Waals surface area contributed by atoms with Gasteiger partial charge >= 0.3 is 0 Å². The molecule has 0 amide bonds. The van der Waals surface area contributed by atoms with Gasteiger partial charge in [0.25, 0.3) is 0 Å². The third kappa shape index (κ3) is 1.74. The van der Waals surface area contributed by atoms with Gasteiger partial charge in [-0.25, -0.2) is 0 Å². The Morgan fingerprint density at radius 3 is 3.08 bits per heavy atom. The second-order valence-corrected chi connectivity index (χ2v) is 4.23. The predicted octanol–water partition coefficient (Wildman–Crippen LogP) is 2.88. The lowest BCUT2D eigenvalue weighted by Crippen LogP contribution is -2.17. The van der Waals surface area contributed by atoms with E-state index in [1.165, 1.54) is 12.8 Å². The standard InChI is InChI=1S/C12H16O/c1-9-4-2-5-10-6-3-7-11(10)12(13)8-9/h2,4,8,10-11H,3,5-7H2,1H3/b4-2-,9-8-. The molecule has 2 atom stereocenters. The van der Waals surface area contributed by atoms with Crippen LogP contribution >= 0.6 is 0 Å². The molecule has 2 aliphatic carbocycles. The van der Waals surface area contributed by atoms with Gasteiger partial charge in [-0.1, -0.05) is 18.6 Å². The average Bonchev–Trinajstić information content (AvgIpc) is 2.49. The number of hydrogen-bond donors (Lipinski definition) is 0. The van der Waals surface area contributed by atoms with E-state index in [0.29, 0.717) is 17.6 Å². The third-order valence-corrected chi connectivity index (χ3v) is 3.21. The van der Waals surface area contributed by atoms with Gasteiger partial charge < -0.3 is 0 Å². The maximum Gasteiger partial charge on any atom is 0.159 e. The van der Waals surface area contributed by atoms with Crippen molar-refractivity contribution in [1.82, 2.24) is 0 Å². The molecule has 0 heterocycles. The van der Waals surface area contributed by atoms with Crippen molar-refractivity contribution in [2.75, 3.05) is 0 Å². The highest BCUT2D eigenvalue weighted by Crippen LogP contribution is 2.36. The Morgan fingerprint density at radius 1 is 1.38 bits per heavy atom. The fourth-order valence-corrected chi connectivity index (χ4v) is 2.50. The summed E-state index contributed by atoms with van der Waals surface area (Å²) in [4.78, 5) is 11.7. The normalized spacial score (nSPS) is 40.1. The van der Waals surface area contributed by atoms with Gasteiger partial charge in [0, 0.05) is 5.92 Å². The van der Waals surface area contributed by atoms with E-state index in [2.05, 4.69) is 12.2 Å². The van der Waals surface area contributed by atoms with Crippen molar-refractivity contribution in [3.8, 4) is 0 Å². The van der Waals surface area contributed by atoms with Crippen LogP contribution in [0.25, 0.3) is 0 Å². The first-order valence-electron chi connectivity index (χ1n) is 5.16. The van der Waals surface area contributed by atoms with E-state index in [9.17, 15) is 4.79 Å². The first-order valence-corrected chi connectivity index (χ1v) is 5.16. The van der Waals surface area contributed by atoms with Crippen molar-refractivity contribution in [3.05, 3.63) is 23.8 Å². The van der Waals surface area contributed by atoms with Crippen LogP contribution in [0.5, 0.6) is 0 Å². The SMILES string of the molecule is CC1=C/C(=O)C2CCCC2C/C=C\1. The van der Waals surface area contributed by atoms with Crippen LogP contribution in [0, 0.1) is 11.8 Å². The lowest BCUT2D eigenvalue weighted by molar-refractivity contribution is -0.119. The number of carbonyl (C=O) groups excluding carboxylic acids is 1. The average molecular weight is 176 g/mol. The first kappa shape index (κ1) is 8.74. The molecule has 13 heavy (non-hydrogen) atoms.